The standard InChI is InChI=1S/C15H22O/c1-6-8-9-15(5)16-12-14(4)11-10-13(3)7-2/h6,8-11H,1,5,7,12H2,2-4H3/b9-8-,13-10+,14-11+. The first-order chi connectivity index (χ1) is 7.60. The second-order valence-corrected chi connectivity index (χ2v) is 3.73. The lowest BCUT2D eigenvalue weighted by molar-refractivity contribution is 0.255. The molecule has 0 aliphatic heterocycles. The predicted molar refractivity (Wildman–Crippen MR) is 72.2 cm³/mol. The third kappa shape index (κ3) is 7.86. The van der Waals surface area contributed by atoms with Crippen LogP contribution in [0.3, 0.4) is 0 Å². The Morgan fingerprint density at radius 1 is 1.19 bits per heavy atom. The lowest BCUT2D eigenvalue weighted by Crippen LogP contribution is -1.93. The third-order valence-electron chi connectivity index (χ3n) is 2.11. The van der Waals surface area contributed by atoms with E-state index in [0.717, 1.165) is 6.42 Å². The van der Waals surface area contributed by atoms with Crippen molar-refractivity contribution in [2.75, 3.05) is 6.61 Å². The fourth-order valence-electron chi connectivity index (χ4n) is 0.880. The van der Waals surface area contributed by atoms with Gasteiger partial charge in [0.25, 0.3) is 0 Å². The van der Waals surface area contributed by atoms with Crippen molar-refractivity contribution < 1.29 is 4.74 Å². The van der Waals surface area contributed by atoms with Crippen molar-refractivity contribution in [2.24, 2.45) is 0 Å². The molecule has 0 fully saturated rings. The van der Waals surface area contributed by atoms with Crippen LogP contribution in [0.4, 0.5) is 0 Å². The summed E-state index contributed by atoms with van der Waals surface area (Å²) in [5, 5.41) is 0. The van der Waals surface area contributed by atoms with Gasteiger partial charge < -0.3 is 4.74 Å². The smallest absolute Gasteiger partial charge is 0.112 e. The quantitative estimate of drug-likeness (QED) is 0.449. The van der Waals surface area contributed by atoms with Gasteiger partial charge in [0.1, 0.15) is 12.4 Å². The molecule has 0 aromatic carbocycles. The monoisotopic (exact) mass is 218 g/mol. The summed E-state index contributed by atoms with van der Waals surface area (Å²) in [4.78, 5) is 0. The first kappa shape index (κ1) is 14.5. The maximum Gasteiger partial charge on any atom is 0.112 e. The Kier molecular flexibility index (Phi) is 7.96. The minimum Gasteiger partial charge on any atom is -0.490 e. The maximum absolute atomic E-state index is 5.45. The van der Waals surface area contributed by atoms with Crippen LogP contribution in [-0.2, 0) is 4.74 Å². The maximum atomic E-state index is 5.45. The molecule has 0 unspecified atom stereocenters. The molecule has 0 spiro atoms. The van der Waals surface area contributed by atoms with E-state index in [1.54, 1.807) is 12.2 Å². The van der Waals surface area contributed by atoms with Crippen molar-refractivity contribution in [1.29, 1.82) is 0 Å². The van der Waals surface area contributed by atoms with Crippen LogP contribution >= 0.6 is 0 Å². The molecule has 0 saturated carbocycles. The van der Waals surface area contributed by atoms with E-state index in [4.69, 9.17) is 4.74 Å². The van der Waals surface area contributed by atoms with Crippen molar-refractivity contribution in [1.82, 2.24) is 0 Å². The van der Waals surface area contributed by atoms with E-state index in [1.165, 1.54) is 11.1 Å². The van der Waals surface area contributed by atoms with Crippen LogP contribution in [0, 0.1) is 0 Å². The van der Waals surface area contributed by atoms with Crippen LogP contribution in [0.5, 0.6) is 0 Å². The SMILES string of the molecule is C=C/C=C\C(=C)OC/C(C)=C/C=C(\C)CC. The molecule has 0 saturated heterocycles. The molecule has 0 aliphatic carbocycles. The van der Waals surface area contributed by atoms with Crippen LogP contribution in [0.2, 0.25) is 0 Å². The minimum absolute atomic E-state index is 0.577. The van der Waals surface area contributed by atoms with Gasteiger partial charge in [-0.05, 0) is 31.9 Å². The van der Waals surface area contributed by atoms with E-state index in [2.05, 4.69) is 39.2 Å². The average molecular weight is 218 g/mol. The molecule has 0 bridgehead atoms. The molecule has 1 heteroatoms. The van der Waals surface area contributed by atoms with Crippen LogP contribution in [0.1, 0.15) is 27.2 Å². The molecular weight excluding hydrogens is 196 g/mol. The van der Waals surface area contributed by atoms with Crippen molar-refractivity contribution in [3.63, 3.8) is 0 Å². The van der Waals surface area contributed by atoms with E-state index in [0.29, 0.717) is 12.4 Å². The van der Waals surface area contributed by atoms with Gasteiger partial charge in [0.15, 0.2) is 0 Å². The van der Waals surface area contributed by atoms with Crippen LogP contribution in [0.25, 0.3) is 0 Å². The highest BCUT2D eigenvalue weighted by Gasteiger charge is 1.91. The van der Waals surface area contributed by atoms with Gasteiger partial charge in [-0.1, -0.05) is 50.0 Å². The molecule has 0 rings (SSSR count). The van der Waals surface area contributed by atoms with Gasteiger partial charge >= 0.3 is 0 Å². The summed E-state index contributed by atoms with van der Waals surface area (Å²) in [6.45, 7) is 14.3. The molecule has 0 aromatic rings. The summed E-state index contributed by atoms with van der Waals surface area (Å²) in [6, 6.07) is 0. The zero-order chi connectivity index (χ0) is 12.4. The number of hydrogen-bond donors (Lipinski definition) is 0. The Balaban J connectivity index is 4.06. The van der Waals surface area contributed by atoms with Gasteiger partial charge in [-0.3, -0.25) is 0 Å². The van der Waals surface area contributed by atoms with Crippen LogP contribution < -0.4 is 0 Å². The summed E-state index contributed by atoms with van der Waals surface area (Å²) < 4.78 is 5.45. The second-order valence-electron chi connectivity index (χ2n) is 3.73. The molecule has 0 N–H and O–H groups in total. The van der Waals surface area contributed by atoms with E-state index in [-0.39, 0.29) is 0 Å². The highest BCUT2D eigenvalue weighted by molar-refractivity contribution is 5.17. The summed E-state index contributed by atoms with van der Waals surface area (Å²) in [5.74, 6) is 0.656. The van der Waals surface area contributed by atoms with E-state index in [9.17, 15) is 0 Å². The first-order valence-corrected chi connectivity index (χ1v) is 5.53. The Labute approximate surface area is 99.5 Å². The zero-order valence-electron chi connectivity index (χ0n) is 10.6. The number of hydrogen-bond acceptors (Lipinski definition) is 1. The van der Waals surface area contributed by atoms with Crippen molar-refractivity contribution in [3.8, 4) is 0 Å². The van der Waals surface area contributed by atoms with Crippen molar-refractivity contribution >= 4 is 0 Å². The normalized spacial score (nSPS) is 12.9. The zero-order valence-corrected chi connectivity index (χ0v) is 10.6. The second kappa shape index (κ2) is 8.78. The summed E-state index contributed by atoms with van der Waals surface area (Å²) in [7, 11) is 0. The van der Waals surface area contributed by atoms with Crippen LogP contribution in [0.15, 0.2) is 60.4 Å². The molecule has 0 atom stereocenters. The summed E-state index contributed by atoms with van der Waals surface area (Å²) in [5.41, 5.74) is 2.55. The average Bonchev–Trinajstić information content (AvgIpc) is 2.30. The molecule has 88 valence electrons. The van der Waals surface area contributed by atoms with Gasteiger partial charge in [-0.15, -0.1) is 0 Å². The van der Waals surface area contributed by atoms with Crippen molar-refractivity contribution in [2.45, 2.75) is 27.2 Å². The molecular formula is C15H22O. The number of allylic oxidation sites excluding steroid dienone is 6. The topological polar surface area (TPSA) is 9.23 Å². The number of ether oxygens (including phenoxy) is 1. The Morgan fingerprint density at radius 3 is 2.38 bits per heavy atom. The Bertz CT molecular complexity index is 316. The fraction of sp³-hybridized carbons (Fsp3) is 0.333. The summed E-state index contributed by atoms with van der Waals surface area (Å²) >= 11 is 0. The minimum atomic E-state index is 0.577. The molecule has 0 aromatic heterocycles. The lowest BCUT2D eigenvalue weighted by Gasteiger charge is -2.05. The van der Waals surface area contributed by atoms with Gasteiger partial charge in [-0.25, -0.2) is 0 Å². The molecule has 16 heavy (non-hydrogen) atoms. The third-order valence-corrected chi connectivity index (χ3v) is 2.11. The Hall–Kier alpha value is -1.50. The largest absolute Gasteiger partial charge is 0.490 e. The van der Waals surface area contributed by atoms with Gasteiger partial charge in [-0.2, -0.15) is 0 Å². The highest BCUT2D eigenvalue weighted by Crippen LogP contribution is 2.04. The lowest BCUT2D eigenvalue weighted by atomic mass is 10.2. The van der Waals surface area contributed by atoms with E-state index < -0.39 is 0 Å². The fourth-order valence-corrected chi connectivity index (χ4v) is 0.880. The van der Waals surface area contributed by atoms with E-state index >= 15 is 0 Å². The first-order valence-electron chi connectivity index (χ1n) is 5.53. The molecule has 0 aliphatic rings. The highest BCUT2D eigenvalue weighted by atomic mass is 16.5. The number of rotatable bonds is 7. The molecule has 1 nitrogen and oxygen atoms in total. The molecule has 0 radical (unpaired) electrons. The van der Waals surface area contributed by atoms with Crippen LogP contribution in [-0.4, -0.2) is 6.61 Å². The molecule has 0 amide bonds. The molecule has 0 heterocycles. The van der Waals surface area contributed by atoms with Gasteiger partial charge in [0.2, 0.25) is 0 Å². The van der Waals surface area contributed by atoms with Gasteiger partial charge in [0, 0.05) is 0 Å². The van der Waals surface area contributed by atoms with E-state index in [1.807, 2.05) is 13.0 Å². The Morgan fingerprint density at radius 2 is 1.81 bits per heavy atom. The predicted octanol–water partition coefficient (Wildman–Crippen LogP) is 4.56. The van der Waals surface area contributed by atoms with Crippen molar-refractivity contribution in [3.05, 3.63) is 60.4 Å². The van der Waals surface area contributed by atoms with Gasteiger partial charge in [0.05, 0.1) is 0 Å². The summed E-state index contributed by atoms with van der Waals surface area (Å²) in [6.07, 6.45) is 10.6.